The molecule has 1 aliphatic rings. The van der Waals surface area contributed by atoms with Gasteiger partial charge >= 0.3 is 5.97 Å². The van der Waals surface area contributed by atoms with Crippen LogP contribution < -0.4 is 5.32 Å². The Morgan fingerprint density at radius 3 is 2.75 bits per heavy atom. The van der Waals surface area contributed by atoms with E-state index >= 15 is 0 Å². The second kappa shape index (κ2) is 6.78. The maximum absolute atomic E-state index is 13.3. The minimum atomic E-state index is -1.00. The van der Waals surface area contributed by atoms with Crippen molar-refractivity contribution in [1.82, 2.24) is 9.36 Å². The average molecular weight is 355 g/mol. The molecule has 9 heteroatoms. The smallest absolute Gasteiger partial charge is 0.313 e. The zero-order valence-corrected chi connectivity index (χ0v) is 13.4. The molecule has 1 fully saturated rings. The van der Waals surface area contributed by atoms with Gasteiger partial charge in [-0.2, -0.15) is 9.36 Å². The molecule has 0 saturated carbocycles. The molecule has 1 atom stereocenters. The third-order valence-corrected chi connectivity index (χ3v) is 4.57. The highest BCUT2D eigenvalue weighted by atomic mass is 32.1. The zero-order valence-electron chi connectivity index (χ0n) is 12.6. The number of halogens is 2. The van der Waals surface area contributed by atoms with Crippen LogP contribution in [0.3, 0.4) is 0 Å². The number of aliphatic carboxylic acids is 1. The number of aromatic nitrogens is 2. The maximum atomic E-state index is 13.3. The molecule has 6 nitrogen and oxygen atoms in total. The van der Waals surface area contributed by atoms with E-state index in [1.54, 1.807) is 0 Å². The third-order valence-electron chi connectivity index (χ3n) is 3.90. The summed E-state index contributed by atoms with van der Waals surface area (Å²) in [6.45, 7) is 0.841. The predicted octanol–water partition coefficient (Wildman–Crippen LogP) is 2.78. The molecule has 2 heterocycles. The highest BCUT2D eigenvalue weighted by Gasteiger charge is 2.40. The zero-order chi connectivity index (χ0) is 17.2. The van der Waals surface area contributed by atoms with Crippen molar-refractivity contribution in [2.24, 2.45) is 5.41 Å². The second-order valence-electron chi connectivity index (χ2n) is 5.68. The summed E-state index contributed by atoms with van der Waals surface area (Å²) in [5.41, 5.74) is -0.777. The number of anilines is 1. The summed E-state index contributed by atoms with van der Waals surface area (Å²) in [4.78, 5) is 15.7. The fourth-order valence-corrected chi connectivity index (χ4v) is 3.16. The first-order chi connectivity index (χ1) is 11.5. The van der Waals surface area contributed by atoms with Gasteiger partial charge in [0.15, 0.2) is 5.82 Å². The number of rotatable bonds is 5. The number of nitrogens with one attached hydrogen (secondary N) is 1. The molecule has 0 aliphatic carbocycles. The van der Waals surface area contributed by atoms with Crippen LogP contribution in [0.1, 0.15) is 12.8 Å². The fourth-order valence-electron chi connectivity index (χ4n) is 2.58. The van der Waals surface area contributed by atoms with Gasteiger partial charge in [-0.05, 0) is 25.0 Å². The van der Waals surface area contributed by atoms with E-state index in [2.05, 4.69) is 14.7 Å². The van der Waals surface area contributed by atoms with E-state index < -0.39 is 23.0 Å². The van der Waals surface area contributed by atoms with Crippen LogP contribution in [0.4, 0.5) is 13.9 Å². The van der Waals surface area contributed by atoms with Crippen molar-refractivity contribution in [2.75, 3.05) is 25.1 Å². The van der Waals surface area contributed by atoms with Crippen LogP contribution in [0, 0.1) is 17.0 Å². The number of carboxylic acids is 1. The lowest BCUT2D eigenvalue weighted by molar-refractivity contribution is -0.155. The van der Waals surface area contributed by atoms with E-state index in [9.17, 15) is 18.7 Å². The predicted molar refractivity (Wildman–Crippen MR) is 83.9 cm³/mol. The Balaban J connectivity index is 1.73. The number of ether oxygens (including phenoxy) is 1. The monoisotopic (exact) mass is 355 g/mol. The van der Waals surface area contributed by atoms with Gasteiger partial charge in [0.25, 0.3) is 0 Å². The van der Waals surface area contributed by atoms with Crippen LogP contribution in [0.25, 0.3) is 11.4 Å². The molecule has 1 aromatic carbocycles. The average Bonchev–Trinajstić information content (AvgIpc) is 3.02. The number of benzene rings is 1. The summed E-state index contributed by atoms with van der Waals surface area (Å²) in [5, 5.41) is 12.8. The number of carbonyl (C=O) groups is 1. The summed E-state index contributed by atoms with van der Waals surface area (Å²) in [6.07, 6.45) is 1.19. The van der Waals surface area contributed by atoms with Crippen molar-refractivity contribution in [3.63, 3.8) is 0 Å². The minimum Gasteiger partial charge on any atom is -0.481 e. The lowest BCUT2D eigenvalue weighted by atomic mass is 9.82. The van der Waals surface area contributed by atoms with Gasteiger partial charge in [-0.3, -0.25) is 4.79 Å². The summed E-state index contributed by atoms with van der Waals surface area (Å²) in [6, 6.07) is 3.06. The van der Waals surface area contributed by atoms with Crippen LogP contribution in [-0.4, -0.2) is 40.2 Å². The summed E-state index contributed by atoms with van der Waals surface area (Å²) in [5.74, 6) is -2.16. The minimum absolute atomic E-state index is 0.135. The molecule has 128 valence electrons. The molecule has 0 radical (unpaired) electrons. The first-order valence-electron chi connectivity index (χ1n) is 7.34. The first kappa shape index (κ1) is 16.7. The molecule has 0 spiro atoms. The standard InChI is InChI=1S/C15H15F2N3O3S/c16-10-4-9(5-11(17)6-10)12-19-14(24-20-12)18-7-15(13(21)22)2-1-3-23-8-15/h4-6H,1-3,7-8H2,(H,21,22)(H,18,19,20). The van der Waals surface area contributed by atoms with Crippen molar-refractivity contribution in [2.45, 2.75) is 12.8 Å². The Hall–Kier alpha value is -2.13. The number of hydrogen-bond acceptors (Lipinski definition) is 6. The van der Waals surface area contributed by atoms with E-state index in [-0.39, 0.29) is 24.5 Å². The molecule has 1 saturated heterocycles. The van der Waals surface area contributed by atoms with Gasteiger partial charge in [0.05, 0.1) is 6.61 Å². The number of carboxylic acid groups (broad SMARTS) is 1. The normalized spacial score (nSPS) is 20.8. The topological polar surface area (TPSA) is 84.3 Å². The highest BCUT2D eigenvalue weighted by molar-refractivity contribution is 7.09. The summed E-state index contributed by atoms with van der Waals surface area (Å²) in [7, 11) is 0. The molecule has 3 rings (SSSR count). The lowest BCUT2D eigenvalue weighted by Gasteiger charge is -2.32. The molecule has 1 aliphatic heterocycles. The summed E-state index contributed by atoms with van der Waals surface area (Å²) < 4.78 is 35.9. The van der Waals surface area contributed by atoms with Gasteiger partial charge in [0, 0.05) is 36.3 Å². The molecule has 0 bridgehead atoms. The second-order valence-corrected chi connectivity index (χ2v) is 6.43. The van der Waals surface area contributed by atoms with Crippen molar-refractivity contribution < 1.29 is 23.4 Å². The Kier molecular flexibility index (Phi) is 4.72. The molecular formula is C15H15F2N3O3S. The largest absolute Gasteiger partial charge is 0.481 e. The van der Waals surface area contributed by atoms with Crippen LogP contribution in [0.15, 0.2) is 18.2 Å². The van der Waals surface area contributed by atoms with Crippen LogP contribution in [0.5, 0.6) is 0 Å². The van der Waals surface area contributed by atoms with Gasteiger partial charge in [-0.1, -0.05) is 0 Å². The van der Waals surface area contributed by atoms with Crippen LogP contribution >= 0.6 is 11.5 Å². The number of nitrogens with zero attached hydrogens (tertiary/aromatic N) is 2. The van der Waals surface area contributed by atoms with E-state index in [1.807, 2.05) is 0 Å². The van der Waals surface area contributed by atoms with Gasteiger partial charge < -0.3 is 15.2 Å². The molecule has 2 aromatic rings. The van der Waals surface area contributed by atoms with Crippen molar-refractivity contribution >= 4 is 22.6 Å². The van der Waals surface area contributed by atoms with E-state index in [1.165, 1.54) is 0 Å². The highest BCUT2D eigenvalue weighted by Crippen LogP contribution is 2.30. The molecule has 0 amide bonds. The molecule has 1 unspecified atom stereocenters. The molecular weight excluding hydrogens is 340 g/mol. The molecule has 24 heavy (non-hydrogen) atoms. The van der Waals surface area contributed by atoms with Gasteiger partial charge in [0.1, 0.15) is 17.0 Å². The van der Waals surface area contributed by atoms with Crippen molar-refractivity contribution in [3.8, 4) is 11.4 Å². The van der Waals surface area contributed by atoms with E-state index in [4.69, 9.17) is 4.74 Å². The maximum Gasteiger partial charge on any atom is 0.313 e. The lowest BCUT2D eigenvalue weighted by Crippen LogP contribution is -2.44. The molecule has 2 N–H and O–H groups in total. The Labute approximate surface area is 140 Å². The van der Waals surface area contributed by atoms with Gasteiger partial charge in [-0.25, -0.2) is 8.78 Å². The van der Waals surface area contributed by atoms with Gasteiger partial charge in [0.2, 0.25) is 5.13 Å². The Morgan fingerprint density at radius 1 is 1.38 bits per heavy atom. The Bertz CT molecular complexity index is 727. The van der Waals surface area contributed by atoms with E-state index in [0.29, 0.717) is 24.6 Å². The van der Waals surface area contributed by atoms with Crippen LogP contribution in [-0.2, 0) is 9.53 Å². The van der Waals surface area contributed by atoms with Crippen molar-refractivity contribution in [1.29, 1.82) is 0 Å². The van der Waals surface area contributed by atoms with Crippen molar-refractivity contribution in [3.05, 3.63) is 29.8 Å². The number of hydrogen-bond donors (Lipinski definition) is 2. The fraction of sp³-hybridized carbons (Fsp3) is 0.400. The summed E-state index contributed by atoms with van der Waals surface area (Å²) >= 11 is 1.00. The Morgan fingerprint density at radius 2 is 2.12 bits per heavy atom. The third kappa shape index (κ3) is 3.51. The molecule has 1 aromatic heterocycles. The SMILES string of the molecule is O=C(O)C1(CNc2nc(-c3cc(F)cc(F)c3)ns2)CCCOC1. The first-order valence-corrected chi connectivity index (χ1v) is 8.11. The van der Waals surface area contributed by atoms with E-state index in [0.717, 1.165) is 29.7 Å². The van der Waals surface area contributed by atoms with Crippen LogP contribution in [0.2, 0.25) is 0 Å². The quantitative estimate of drug-likeness (QED) is 0.858. The van der Waals surface area contributed by atoms with Gasteiger partial charge in [-0.15, -0.1) is 0 Å².